The summed E-state index contributed by atoms with van der Waals surface area (Å²) in [7, 11) is 1.79. The second kappa shape index (κ2) is 10.3. The summed E-state index contributed by atoms with van der Waals surface area (Å²) in [4.78, 5) is 0. The molecule has 0 fully saturated rings. The van der Waals surface area contributed by atoms with Crippen LogP contribution in [0.25, 0.3) is 0 Å². The Bertz CT molecular complexity index is 920. The van der Waals surface area contributed by atoms with Crippen LogP contribution < -0.4 is 4.74 Å². The summed E-state index contributed by atoms with van der Waals surface area (Å²) >= 11 is 0. The summed E-state index contributed by atoms with van der Waals surface area (Å²) in [6.45, 7) is 36.2. The van der Waals surface area contributed by atoms with Crippen LogP contribution in [0.4, 0.5) is 0 Å². The summed E-state index contributed by atoms with van der Waals surface area (Å²) in [6, 6.07) is 11.6. The maximum atomic E-state index is 5.80. The van der Waals surface area contributed by atoms with Gasteiger partial charge >= 0.3 is 0 Å². The quantitative estimate of drug-likeness (QED) is 0.394. The number of hydrogen-bond acceptors (Lipinski definition) is 1. The third-order valence-electron chi connectivity index (χ3n) is 6.58. The minimum Gasteiger partial charge on any atom is -0.496 e. The smallest absolute Gasteiger partial charge is 0.126 e. The number of ether oxygens (including phenoxy) is 1. The van der Waals surface area contributed by atoms with Crippen LogP contribution in [-0.4, -0.2) is 7.11 Å². The first-order valence-corrected chi connectivity index (χ1v) is 13.2. The van der Waals surface area contributed by atoms with Gasteiger partial charge in [-0.25, -0.2) is 0 Å². The average molecular weight is 481 g/mol. The van der Waals surface area contributed by atoms with Crippen molar-refractivity contribution in [3.8, 4) is 5.75 Å². The fourth-order valence-electron chi connectivity index (χ4n) is 4.05. The first-order valence-electron chi connectivity index (χ1n) is 13.2. The average Bonchev–Trinajstić information content (AvgIpc) is 2.63. The third-order valence-corrected chi connectivity index (χ3v) is 6.58. The van der Waals surface area contributed by atoms with Gasteiger partial charge in [0.25, 0.3) is 0 Å². The lowest BCUT2D eigenvalue weighted by atomic mass is 9.75. The van der Waals surface area contributed by atoms with Crippen molar-refractivity contribution in [3.63, 3.8) is 0 Å². The van der Waals surface area contributed by atoms with E-state index in [4.69, 9.17) is 4.74 Å². The summed E-state index contributed by atoms with van der Waals surface area (Å²) in [6.07, 6.45) is 0. The molecule has 0 heterocycles. The first-order chi connectivity index (χ1) is 15.4. The summed E-state index contributed by atoms with van der Waals surface area (Å²) in [5, 5.41) is 0. The zero-order chi connectivity index (χ0) is 27.8. The largest absolute Gasteiger partial charge is 0.496 e. The van der Waals surface area contributed by atoms with Crippen LogP contribution in [-0.2, 0) is 27.1 Å². The minimum atomic E-state index is 0.0760. The molecule has 0 saturated carbocycles. The standard InChI is InChI=1S/C19H32O.C15H24/c1-17(2,3)13-11-14(18(4,5)6)16(20-10)15(12-13)19(7,8)9;1-11-8-12(14(2,3)4)10-13(9-11)15(5,6)7/h11-12H,1-10H3;8-10H,1-7H3. The van der Waals surface area contributed by atoms with Gasteiger partial charge in [0, 0.05) is 11.1 Å². The van der Waals surface area contributed by atoms with Crippen LogP contribution in [0.15, 0.2) is 30.3 Å². The van der Waals surface area contributed by atoms with Gasteiger partial charge in [0.2, 0.25) is 0 Å². The Labute approximate surface area is 219 Å². The monoisotopic (exact) mass is 480 g/mol. The van der Waals surface area contributed by atoms with Crippen molar-refractivity contribution in [2.45, 2.75) is 138 Å². The van der Waals surface area contributed by atoms with E-state index in [9.17, 15) is 0 Å². The lowest BCUT2D eigenvalue weighted by molar-refractivity contribution is 0.380. The molecule has 0 aromatic heterocycles. The molecule has 0 bridgehead atoms. The molecule has 35 heavy (non-hydrogen) atoms. The molecular weight excluding hydrogens is 424 g/mol. The molecule has 1 nitrogen and oxygen atoms in total. The predicted octanol–water partition coefficient (Wildman–Crippen LogP) is 10.2. The molecule has 0 atom stereocenters. The maximum Gasteiger partial charge on any atom is 0.126 e. The summed E-state index contributed by atoms with van der Waals surface area (Å²) < 4.78 is 5.80. The highest BCUT2D eigenvalue weighted by Crippen LogP contribution is 2.42. The van der Waals surface area contributed by atoms with Gasteiger partial charge in [-0.1, -0.05) is 140 Å². The maximum absolute atomic E-state index is 5.80. The Balaban J connectivity index is 0.000000365. The summed E-state index contributed by atoms with van der Waals surface area (Å²) in [5.74, 6) is 1.05. The molecular formula is C34H56O. The Morgan fingerprint density at radius 2 is 0.714 bits per heavy atom. The van der Waals surface area contributed by atoms with E-state index in [2.05, 4.69) is 141 Å². The molecule has 0 unspecified atom stereocenters. The Morgan fingerprint density at radius 1 is 0.429 bits per heavy atom. The number of rotatable bonds is 1. The van der Waals surface area contributed by atoms with E-state index < -0.39 is 0 Å². The molecule has 2 aromatic rings. The molecule has 0 N–H and O–H groups in total. The Kier molecular flexibility index (Phi) is 9.21. The lowest BCUT2D eigenvalue weighted by Crippen LogP contribution is -2.22. The van der Waals surface area contributed by atoms with Crippen LogP contribution in [0.5, 0.6) is 5.75 Å². The zero-order valence-electron chi connectivity index (χ0n) is 26.3. The van der Waals surface area contributed by atoms with Crippen LogP contribution in [0.3, 0.4) is 0 Å². The molecule has 0 aliphatic heterocycles. The van der Waals surface area contributed by atoms with Gasteiger partial charge in [-0.05, 0) is 50.7 Å². The van der Waals surface area contributed by atoms with Crippen LogP contribution in [0, 0.1) is 6.92 Å². The van der Waals surface area contributed by atoms with Crippen LogP contribution >= 0.6 is 0 Å². The van der Waals surface area contributed by atoms with E-state index in [-0.39, 0.29) is 27.1 Å². The van der Waals surface area contributed by atoms with E-state index in [1.165, 1.54) is 33.4 Å². The minimum absolute atomic E-state index is 0.0760. The van der Waals surface area contributed by atoms with Crippen molar-refractivity contribution < 1.29 is 4.74 Å². The van der Waals surface area contributed by atoms with Crippen molar-refractivity contribution in [2.24, 2.45) is 0 Å². The number of methoxy groups -OCH3 is 1. The SMILES string of the molecule is COc1c(C(C)(C)C)cc(C(C)(C)C)cc1C(C)(C)C.Cc1cc(C(C)(C)C)cc(C(C)(C)C)c1. The summed E-state index contributed by atoms with van der Waals surface area (Å²) in [5.41, 5.74) is 9.01. The highest BCUT2D eigenvalue weighted by atomic mass is 16.5. The van der Waals surface area contributed by atoms with Crippen molar-refractivity contribution in [3.05, 3.63) is 63.7 Å². The molecule has 0 aliphatic rings. The molecule has 0 amide bonds. The van der Waals surface area contributed by atoms with Crippen molar-refractivity contribution in [1.82, 2.24) is 0 Å². The first kappa shape index (κ1) is 31.3. The number of aryl methyl sites for hydroxylation is 1. The van der Waals surface area contributed by atoms with Crippen molar-refractivity contribution >= 4 is 0 Å². The number of benzene rings is 2. The highest BCUT2D eigenvalue weighted by molar-refractivity contribution is 5.52. The highest BCUT2D eigenvalue weighted by Gasteiger charge is 2.29. The molecule has 0 saturated heterocycles. The van der Waals surface area contributed by atoms with E-state index >= 15 is 0 Å². The fraction of sp³-hybridized carbons (Fsp3) is 0.647. The van der Waals surface area contributed by atoms with E-state index in [1.54, 1.807) is 7.11 Å². The van der Waals surface area contributed by atoms with Gasteiger partial charge in [0.15, 0.2) is 0 Å². The van der Waals surface area contributed by atoms with E-state index in [0.717, 1.165) is 5.75 Å². The normalized spacial score (nSPS) is 13.3. The fourth-order valence-corrected chi connectivity index (χ4v) is 4.05. The predicted molar refractivity (Wildman–Crippen MR) is 158 cm³/mol. The molecule has 0 aliphatic carbocycles. The van der Waals surface area contributed by atoms with Gasteiger partial charge in [-0.2, -0.15) is 0 Å². The van der Waals surface area contributed by atoms with Gasteiger partial charge in [-0.3, -0.25) is 0 Å². The van der Waals surface area contributed by atoms with E-state index in [0.29, 0.717) is 0 Å². The molecule has 198 valence electrons. The lowest BCUT2D eigenvalue weighted by Gasteiger charge is -2.32. The molecule has 2 rings (SSSR count). The Morgan fingerprint density at radius 3 is 0.943 bits per heavy atom. The molecule has 1 heteroatoms. The molecule has 2 aromatic carbocycles. The zero-order valence-corrected chi connectivity index (χ0v) is 26.3. The third kappa shape index (κ3) is 8.69. The van der Waals surface area contributed by atoms with E-state index in [1.807, 2.05) is 0 Å². The second-order valence-corrected chi connectivity index (χ2v) is 15.4. The van der Waals surface area contributed by atoms with Crippen LogP contribution in [0.1, 0.15) is 137 Å². The topological polar surface area (TPSA) is 9.23 Å². The van der Waals surface area contributed by atoms with Gasteiger partial charge in [0.1, 0.15) is 5.75 Å². The molecule has 0 spiro atoms. The Hall–Kier alpha value is -1.76. The van der Waals surface area contributed by atoms with Crippen molar-refractivity contribution in [1.29, 1.82) is 0 Å². The number of hydrogen-bond donors (Lipinski definition) is 0. The van der Waals surface area contributed by atoms with Crippen molar-refractivity contribution in [2.75, 3.05) is 7.11 Å². The van der Waals surface area contributed by atoms with Gasteiger partial charge in [0.05, 0.1) is 7.11 Å². The van der Waals surface area contributed by atoms with Gasteiger partial charge in [-0.15, -0.1) is 0 Å². The second-order valence-electron chi connectivity index (χ2n) is 15.4. The van der Waals surface area contributed by atoms with Gasteiger partial charge < -0.3 is 4.74 Å². The molecule has 0 radical (unpaired) electrons. The van der Waals surface area contributed by atoms with Crippen LogP contribution in [0.2, 0.25) is 0 Å².